The number of aromatic nitrogens is 2. The lowest BCUT2D eigenvalue weighted by Crippen LogP contribution is -2.29. The number of para-hydroxylation sites is 1. The van der Waals surface area contributed by atoms with Crippen LogP contribution in [0.3, 0.4) is 0 Å². The van der Waals surface area contributed by atoms with E-state index < -0.39 is 17.7 Å². The van der Waals surface area contributed by atoms with Gasteiger partial charge in [-0.3, -0.25) is 24.3 Å². The second-order valence-corrected chi connectivity index (χ2v) is 9.09. The predicted octanol–water partition coefficient (Wildman–Crippen LogP) is 4.68. The molecule has 8 nitrogen and oxygen atoms in total. The number of H-pyrrole nitrogens is 1. The standard InChI is InChI=1S/C29H25N3O5/c1-17(2)37-24(33)14-18-9-11-20(12-10-18)32-26(19-6-5-13-30-15-19)25(28(35)29(32)36)27(34)22-16-31-23-8-4-3-7-21(22)23/h3-13,15-17,26,31,34H,14H2,1-2H3/b27-25-. The summed E-state index contributed by atoms with van der Waals surface area (Å²) in [5.74, 6) is -2.17. The molecule has 1 atom stereocenters. The number of Topliss-reactive ketones (excluding diaryl/α,β-unsaturated/α-hetero) is 1. The van der Waals surface area contributed by atoms with Gasteiger partial charge >= 0.3 is 5.97 Å². The molecule has 0 saturated carbocycles. The van der Waals surface area contributed by atoms with Crippen LogP contribution in [-0.4, -0.2) is 38.8 Å². The molecule has 0 aliphatic carbocycles. The normalized spacial score (nSPS) is 17.1. The summed E-state index contributed by atoms with van der Waals surface area (Å²) in [5, 5.41) is 12.1. The summed E-state index contributed by atoms with van der Waals surface area (Å²) >= 11 is 0. The Bertz CT molecular complexity index is 1520. The van der Waals surface area contributed by atoms with E-state index in [1.165, 1.54) is 4.90 Å². The lowest BCUT2D eigenvalue weighted by Gasteiger charge is -2.25. The summed E-state index contributed by atoms with van der Waals surface area (Å²) in [4.78, 5) is 47.4. The smallest absolute Gasteiger partial charge is 0.310 e. The van der Waals surface area contributed by atoms with Crippen molar-refractivity contribution in [1.29, 1.82) is 0 Å². The molecule has 3 heterocycles. The number of anilines is 1. The van der Waals surface area contributed by atoms with Crippen LogP contribution < -0.4 is 4.90 Å². The van der Waals surface area contributed by atoms with Gasteiger partial charge in [0.15, 0.2) is 0 Å². The van der Waals surface area contributed by atoms with Gasteiger partial charge in [0.1, 0.15) is 5.76 Å². The zero-order valence-electron chi connectivity index (χ0n) is 20.3. The molecule has 0 radical (unpaired) electrons. The Kier molecular flexibility index (Phi) is 6.31. The molecule has 1 aliphatic heterocycles. The maximum Gasteiger partial charge on any atom is 0.310 e. The van der Waals surface area contributed by atoms with Crippen molar-refractivity contribution in [3.05, 3.63) is 102 Å². The molecular formula is C29H25N3O5. The van der Waals surface area contributed by atoms with Crippen LogP contribution in [0.5, 0.6) is 0 Å². The van der Waals surface area contributed by atoms with Crippen molar-refractivity contribution in [2.45, 2.75) is 32.4 Å². The fourth-order valence-corrected chi connectivity index (χ4v) is 4.61. The summed E-state index contributed by atoms with van der Waals surface area (Å²) in [6.45, 7) is 3.57. The van der Waals surface area contributed by atoms with Gasteiger partial charge in [0.25, 0.3) is 11.7 Å². The summed E-state index contributed by atoms with van der Waals surface area (Å²) in [6.07, 6.45) is 4.67. The summed E-state index contributed by atoms with van der Waals surface area (Å²) < 4.78 is 5.20. The number of esters is 1. The van der Waals surface area contributed by atoms with Gasteiger partial charge in [0, 0.05) is 40.7 Å². The Morgan fingerprint density at radius 2 is 1.84 bits per heavy atom. The van der Waals surface area contributed by atoms with Crippen LogP contribution in [0, 0.1) is 0 Å². The van der Waals surface area contributed by atoms with Crippen LogP contribution in [0.25, 0.3) is 16.7 Å². The van der Waals surface area contributed by atoms with Crippen molar-refractivity contribution >= 4 is 40.0 Å². The van der Waals surface area contributed by atoms with Crippen molar-refractivity contribution in [3.63, 3.8) is 0 Å². The minimum atomic E-state index is -0.890. The van der Waals surface area contributed by atoms with Gasteiger partial charge in [-0.05, 0) is 49.2 Å². The van der Waals surface area contributed by atoms with Crippen LogP contribution in [0.15, 0.2) is 84.8 Å². The highest BCUT2D eigenvalue weighted by Gasteiger charge is 2.47. The first-order valence-corrected chi connectivity index (χ1v) is 11.9. The Morgan fingerprint density at radius 1 is 1.08 bits per heavy atom. The van der Waals surface area contributed by atoms with E-state index in [0.29, 0.717) is 22.4 Å². The Labute approximate surface area is 213 Å². The van der Waals surface area contributed by atoms with Crippen LogP contribution >= 0.6 is 0 Å². The molecule has 0 spiro atoms. The lowest BCUT2D eigenvalue weighted by molar-refractivity contribution is -0.146. The van der Waals surface area contributed by atoms with Gasteiger partial charge in [0.05, 0.1) is 24.1 Å². The molecule has 2 aromatic heterocycles. The monoisotopic (exact) mass is 495 g/mol. The number of rotatable bonds is 6. The molecule has 1 aliphatic rings. The largest absolute Gasteiger partial charge is 0.507 e. The Balaban J connectivity index is 1.58. The number of benzene rings is 2. The molecular weight excluding hydrogens is 470 g/mol. The van der Waals surface area contributed by atoms with E-state index in [2.05, 4.69) is 9.97 Å². The zero-order chi connectivity index (χ0) is 26.1. The van der Waals surface area contributed by atoms with Crippen molar-refractivity contribution in [1.82, 2.24) is 9.97 Å². The Morgan fingerprint density at radius 3 is 2.54 bits per heavy atom. The first-order chi connectivity index (χ1) is 17.8. The first-order valence-electron chi connectivity index (χ1n) is 11.9. The number of hydrogen-bond donors (Lipinski definition) is 2. The van der Waals surface area contributed by atoms with Crippen LogP contribution in [0.4, 0.5) is 5.69 Å². The number of carbonyl (C=O) groups excluding carboxylic acids is 3. The van der Waals surface area contributed by atoms with Gasteiger partial charge in [0.2, 0.25) is 0 Å². The predicted molar refractivity (Wildman–Crippen MR) is 139 cm³/mol. The fourth-order valence-electron chi connectivity index (χ4n) is 4.61. The average Bonchev–Trinajstić information content (AvgIpc) is 3.43. The van der Waals surface area contributed by atoms with E-state index in [1.54, 1.807) is 68.8 Å². The third-order valence-electron chi connectivity index (χ3n) is 6.22. The second kappa shape index (κ2) is 9.73. The second-order valence-electron chi connectivity index (χ2n) is 9.09. The van der Waals surface area contributed by atoms with E-state index >= 15 is 0 Å². The highest BCUT2D eigenvalue weighted by atomic mass is 16.5. The van der Waals surface area contributed by atoms with Crippen molar-refractivity contribution in [3.8, 4) is 0 Å². The van der Waals surface area contributed by atoms with Gasteiger partial charge in [-0.1, -0.05) is 36.4 Å². The SMILES string of the molecule is CC(C)OC(=O)Cc1ccc(N2C(=O)C(=O)/C(=C(\O)c3c[nH]c4ccccc34)C2c2cccnc2)cc1. The van der Waals surface area contributed by atoms with Gasteiger partial charge < -0.3 is 14.8 Å². The minimum Gasteiger partial charge on any atom is -0.507 e. The molecule has 8 heteroatoms. The van der Waals surface area contributed by atoms with Crippen molar-refractivity contribution in [2.75, 3.05) is 4.90 Å². The van der Waals surface area contributed by atoms with Crippen molar-refractivity contribution < 1.29 is 24.2 Å². The molecule has 1 saturated heterocycles. The van der Waals surface area contributed by atoms with Crippen LogP contribution in [0.1, 0.15) is 36.6 Å². The zero-order valence-corrected chi connectivity index (χ0v) is 20.3. The topological polar surface area (TPSA) is 113 Å². The van der Waals surface area contributed by atoms with E-state index in [1.807, 2.05) is 24.3 Å². The van der Waals surface area contributed by atoms with Crippen LogP contribution in [0.2, 0.25) is 0 Å². The van der Waals surface area contributed by atoms with Gasteiger partial charge in [-0.15, -0.1) is 0 Å². The van der Waals surface area contributed by atoms with E-state index in [4.69, 9.17) is 4.74 Å². The summed E-state index contributed by atoms with van der Waals surface area (Å²) in [7, 11) is 0. The number of aliphatic hydroxyl groups is 1. The quantitative estimate of drug-likeness (QED) is 0.174. The summed E-state index contributed by atoms with van der Waals surface area (Å²) in [5.41, 5.74) is 2.95. The van der Waals surface area contributed by atoms with Crippen molar-refractivity contribution in [2.24, 2.45) is 0 Å². The minimum absolute atomic E-state index is 0.0210. The maximum absolute atomic E-state index is 13.4. The highest BCUT2D eigenvalue weighted by Crippen LogP contribution is 2.42. The van der Waals surface area contributed by atoms with Crippen LogP contribution in [-0.2, 0) is 25.5 Å². The van der Waals surface area contributed by atoms with E-state index in [-0.39, 0.29) is 29.8 Å². The molecule has 37 heavy (non-hydrogen) atoms. The third-order valence-corrected chi connectivity index (χ3v) is 6.22. The molecule has 186 valence electrons. The molecule has 2 aromatic carbocycles. The number of ether oxygens (including phenoxy) is 1. The molecule has 1 unspecified atom stereocenters. The van der Waals surface area contributed by atoms with Gasteiger partial charge in [-0.25, -0.2) is 0 Å². The fraction of sp³-hybridized carbons (Fsp3) is 0.172. The number of carbonyl (C=O) groups is 3. The molecule has 1 amide bonds. The number of amides is 1. The number of fused-ring (bicyclic) bond motifs is 1. The first kappa shape index (κ1) is 24.0. The maximum atomic E-state index is 13.4. The third kappa shape index (κ3) is 4.49. The molecule has 4 aromatic rings. The number of aliphatic hydroxyl groups excluding tert-OH is 1. The molecule has 1 fully saturated rings. The molecule has 5 rings (SSSR count). The van der Waals surface area contributed by atoms with E-state index in [0.717, 1.165) is 10.9 Å². The average molecular weight is 496 g/mol. The number of aromatic amines is 1. The Hall–Kier alpha value is -4.72. The number of hydrogen-bond acceptors (Lipinski definition) is 6. The lowest BCUT2D eigenvalue weighted by atomic mass is 9.96. The number of ketones is 1. The number of nitrogens with one attached hydrogen (secondary N) is 1. The highest BCUT2D eigenvalue weighted by molar-refractivity contribution is 6.51. The number of pyridine rings is 1. The molecule has 2 N–H and O–H groups in total. The van der Waals surface area contributed by atoms with Gasteiger partial charge in [-0.2, -0.15) is 0 Å². The summed E-state index contributed by atoms with van der Waals surface area (Å²) in [6, 6.07) is 16.8. The molecule has 0 bridgehead atoms. The number of nitrogens with zero attached hydrogens (tertiary/aromatic N) is 2. The van der Waals surface area contributed by atoms with E-state index in [9.17, 15) is 19.5 Å².